The second kappa shape index (κ2) is 13.9. The van der Waals surface area contributed by atoms with Crippen LogP contribution in [0.3, 0.4) is 0 Å². The van der Waals surface area contributed by atoms with Gasteiger partial charge in [0.2, 0.25) is 11.8 Å². The van der Waals surface area contributed by atoms with E-state index in [4.69, 9.17) is 44.3 Å². The molecule has 0 bridgehead atoms. The second-order valence-corrected chi connectivity index (χ2v) is 9.28. The lowest BCUT2D eigenvalue weighted by Crippen LogP contribution is -2.18. The van der Waals surface area contributed by atoms with Crippen LogP contribution in [0.1, 0.15) is 36.0 Å². The number of carbonyl (C=O) groups is 2. The van der Waals surface area contributed by atoms with Crippen molar-refractivity contribution in [2.24, 2.45) is 5.10 Å². The van der Waals surface area contributed by atoms with Crippen LogP contribution in [0.4, 0.5) is 5.69 Å². The second-order valence-electron chi connectivity index (χ2n) is 8.05. The normalized spacial score (nSPS) is 10.8. The number of hydrazone groups is 1. The van der Waals surface area contributed by atoms with E-state index in [-0.39, 0.29) is 31.3 Å². The Balaban J connectivity index is 1.44. The van der Waals surface area contributed by atoms with Gasteiger partial charge < -0.3 is 14.8 Å². The molecule has 3 aromatic carbocycles. The molecule has 10 heteroatoms. The summed E-state index contributed by atoms with van der Waals surface area (Å²) >= 11 is 18.1. The Bertz CT molecular complexity index is 1300. The van der Waals surface area contributed by atoms with Gasteiger partial charge in [0.15, 0.2) is 11.5 Å². The fourth-order valence-electron chi connectivity index (χ4n) is 3.27. The molecule has 3 aromatic rings. The summed E-state index contributed by atoms with van der Waals surface area (Å²) in [6.45, 7) is 2.12. The van der Waals surface area contributed by atoms with Gasteiger partial charge in [0.1, 0.15) is 6.61 Å². The summed E-state index contributed by atoms with van der Waals surface area (Å²) in [6.07, 6.45) is 2.23. The van der Waals surface area contributed by atoms with Crippen molar-refractivity contribution in [3.63, 3.8) is 0 Å². The first-order chi connectivity index (χ1) is 17.8. The molecular weight excluding hydrogens is 537 g/mol. The third kappa shape index (κ3) is 8.67. The van der Waals surface area contributed by atoms with E-state index < -0.39 is 0 Å². The molecule has 0 aliphatic rings. The van der Waals surface area contributed by atoms with E-state index in [1.54, 1.807) is 48.5 Å². The number of rotatable bonds is 11. The number of halogens is 3. The molecule has 37 heavy (non-hydrogen) atoms. The predicted molar refractivity (Wildman–Crippen MR) is 148 cm³/mol. The molecule has 0 fully saturated rings. The molecule has 0 spiro atoms. The van der Waals surface area contributed by atoms with Crippen molar-refractivity contribution >= 4 is 58.5 Å². The first-order valence-corrected chi connectivity index (χ1v) is 12.5. The number of benzene rings is 3. The van der Waals surface area contributed by atoms with Gasteiger partial charge in [0, 0.05) is 23.6 Å². The van der Waals surface area contributed by atoms with E-state index in [1.165, 1.54) is 13.3 Å². The molecule has 2 N–H and O–H groups in total. The molecule has 2 amide bonds. The molecule has 0 aliphatic heterocycles. The summed E-state index contributed by atoms with van der Waals surface area (Å²) in [5, 5.41) is 8.31. The van der Waals surface area contributed by atoms with Gasteiger partial charge in [-0.3, -0.25) is 9.59 Å². The van der Waals surface area contributed by atoms with Crippen molar-refractivity contribution < 1.29 is 19.1 Å². The third-order valence-corrected chi connectivity index (χ3v) is 6.47. The maximum Gasteiger partial charge on any atom is 0.240 e. The monoisotopic (exact) mass is 561 g/mol. The zero-order chi connectivity index (χ0) is 26.8. The minimum Gasteiger partial charge on any atom is -0.493 e. The van der Waals surface area contributed by atoms with E-state index >= 15 is 0 Å². The van der Waals surface area contributed by atoms with Crippen LogP contribution in [0, 0.1) is 6.92 Å². The maximum atomic E-state index is 12.2. The number of ether oxygens (including phenoxy) is 2. The topological polar surface area (TPSA) is 89.0 Å². The van der Waals surface area contributed by atoms with Crippen LogP contribution in [0.5, 0.6) is 11.5 Å². The molecule has 0 aliphatic carbocycles. The Kier molecular flexibility index (Phi) is 10.6. The molecule has 194 valence electrons. The van der Waals surface area contributed by atoms with Crippen molar-refractivity contribution in [2.75, 3.05) is 12.4 Å². The maximum absolute atomic E-state index is 12.2. The first-order valence-electron chi connectivity index (χ1n) is 11.4. The lowest BCUT2D eigenvalue weighted by Gasteiger charge is -2.11. The van der Waals surface area contributed by atoms with Crippen LogP contribution < -0.4 is 20.2 Å². The van der Waals surface area contributed by atoms with Crippen molar-refractivity contribution in [3.05, 3.63) is 86.4 Å². The van der Waals surface area contributed by atoms with Crippen molar-refractivity contribution in [1.82, 2.24) is 5.43 Å². The summed E-state index contributed by atoms with van der Waals surface area (Å²) in [7, 11) is 1.54. The lowest BCUT2D eigenvalue weighted by molar-refractivity contribution is -0.121. The van der Waals surface area contributed by atoms with Crippen LogP contribution in [-0.2, 0) is 16.2 Å². The number of hydrogen-bond donors (Lipinski definition) is 2. The highest BCUT2D eigenvalue weighted by Crippen LogP contribution is 2.29. The quantitative estimate of drug-likeness (QED) is 0.199. The van der Waals surface area contributed by atoms with Gasteiger partial charge in [0.05, 0.1) is 23.4 Å². The molecule has 0 radical (unpaired) electrons. The van der Waals surface area contributed by atoms with Crippen LogP contribution in [0.15, 0.2) is 59.7 Å². The standard InChI is InChI=1S/C27H26Cl3N3O4/c1-17-20(28)5-3-6-23(17)32-26(34)7-4-8-27(35)33-31-15-18-10-12-24(25(14-18)36-2)37-16-19-9-11-21(29)22(30)13-19/h3,5-6,9-15H,4,7-8,16H2,1-2H3,(H,32,34)(H,33,35)/b31-15-. The van der Waals surface area contributed by atoms with E-state index in [2.05, 4.69) is 15.8 Å². The fourth-order valence-corrected chi connectivity index (χ4v) is 3.77. The van der Waals surface area contributed by atoms with E-state index in [1.807, 2.05) is 13.0 Å². The van der Waals surface area contributed by atoms with Gasteiger partial charge >= 0.3 is 0 Å². The Labute approximate surface area is 230 Å². The number of nitrogens with one attached hydrogen (secondary N) is 2. The van der Waals surface area contributed by atoms with Gasteiger partial charge in [0.25, 0.3) is 0 Å². The Morgan fingerprint density at radius 3 is 2.46 bits per heavy atom. The minimum atomic E-state index is -0.295. The highest BCUT2D eigenvalue weighted by atomic mass is 35.5. The molecular formula is C27H26Cl3N3O4. The summed E-state index contributed by atoms with van der Waals surface area (Å²) in [4.78, 5) is 24.2. The van der Waals surface area contributed by atoms with Gasteiger partial charge in [-0.1, -0.05) is 46.9 Å². The highest BCUT2D eigenvalue weighted by Gasteiger charge is 2.09. The zero-order valence-electron chi connectivity index (χ0n) is 20.3. The SMILES string of the molecule is COc1cc(/C=N\NC(=O)CCCC(=O)Nc2cccc(Cl)c2C)ccc1OCc1ccc(Cl)c(Cl)c1. The lowest BCUT2D eigenvalue weighted by atomic mass is 10.2. The number of amides is 2. The summed E-state index contributed by atoms with van der Waals surface area (Å²) < 4.78 is 11.3. The molecule has 0 saturated carbocycles. The van der Waals surface area contributed by atoms with Gasteiger partial charge in [-0.2, -0.15) is 5.10 Å². The molecule has 0 saturated heterocycles. The highest BCUT2D eigenvalue weighted by molar-refractivity contribution is 6.42. The van der Waals surface area contributed by atoms with Crippen LogP contribution in [0.2, 0.25) is 15.1 Å². The van der Waals surface area contributed by atoms with E-state index in [9.17, 15) is 9.59 Å². The van der Waals surface area contributed by atoms with Crippen LogP contribution >= 0.6 is 34.8 Å². The van der Waals surface area contributed by atoms with Crippen LogP contribution in [-0.4, -0.2) is 25.1 Å². The van der Waals surface area contributed by atoms with Crippen molar-refractivity contribution in [1.29, 1.82) is 0 Å². The van der Waals surface area contributed by atoms with Crippen molar-refractivity contribution in [3.8, 4) is 11.5 Å². The van der Waals surface area contributed by atoms with E-state index in [0.29, 0.717) is 44.2 Å². The Morgan fingerprint density at radius 1 is 0.919 bits per heavy atom. The zero-order valence-corrected chi connectivity index (χ0v) is 22.6. The number of carbonyl (C=O) groups excluding carboxylic acids is 2. The van der Waals surface area contributed by atoms with Gasteiger partial charge in [-0.25, -0.2) is 5.43 Å². The smallest absolute Gasteiger partial charge is 0.240 e. The molecule has 7 nitrogen and oxygen atoms in total. The predicted octanol–water partition coefficient (Wildman–Crippen LogP) is 6.80. The third-order valence-electron chi connectivity index (χ3n) is 5.32. The van der Waals surface area contributed by atoms with Gasteiger partial charge in [-0.15, -0.1) is 0 Å². The average molecular weight is 563 g/mol. The Morgan fingerprint density at radius 2 is 1.70 bits per heavy atom. The number of anilines is 1. The number of nitrogens with zero attached hydrogens (tertiary/aromatic N) is 1. The molecule has 0 heterocycles. The summed E-state index contributed by atoms with van der Waals surface area (Å²) in [5.41, 5.74) is 5.49. The summed E-state index contributed by atoms with van der Waals surface area (Å²) in [5.74, 6) is 0.573. The number of hydrogen-bond acceptors (Lipinski definition) is 5. The van der Waals surface area contributed by atoms with E-state index in [0.717, 1.165) is 11.1 Å². The minimum absolute atomic E-state index is 0.157. The molecule has 0 atom stereocenters. The van der Waals surface area contributed by atoms with Crippen LogP contribution in [0.25, 0.3) is 0 Å². The fraction of sp³-hybridized carbons (Fsp3) is 0.222. The molecule has 0 unspecified atom stereocenters. The summed E-state index contributed by atoms with van der Waals surface area (Å²) in [6, 6.07) is 15.9. The van der Waals surface area contributed by atoms with Gasteiger partial charge in [-0.05, 0) is 72.5 Å². The van der Waals surface area contributed by atoms with Crippen molar-refractivity contribution in [2.45, 2.75) is 32.8 Å². The molecule has 0 aromatic heterocycles. The molecule has 3 rings (SSSR count). The number of methoxy groups -OCH3 is 1. The largest absolute Gasteiger partial charge is 0.493 e. The first kappa shape index (κ1) is 28.3. The average Bonchev–Trinajstić information content (AvgIpc) is 2.88. The Hall–Kier alpha value is -3.26.